The van der Waals surface area contributed by atoms with Crippen LogP contribution in [0.1, 0.15) is 32.6 Å². The third-order valence-electron chi connectivity index (χ3n) is 2.80. The van der Waals surface area contributed by atoms with Gasteiger partial charge in [-0.15, -0.1) is 0 Å². The first-order chi connectivity index (χ1) is 9.82. The van der Waals surface area contributed by atoms with Gasteiger partial charge in [0.05, 0.1) is 0 Å². The quantitative estimate of drug-likeness (QED) is 0.395. The van der Waals surface area contributed by atoms with E-state index in [0.29, 0.717) is 17.1 Å². The number of hydrogen-bond acceptors (Lipinski definition) is 2. The molecule has 0 saturated heterocycles. The van der Waals surface area contributed by atoms with Gasteiger partial charge in [-0.1, -0.05) is 66.2 Å². The molecule has 0 bridgehead atoms. The lowest BCUT2D eigenvalue weighted by Gasteiger charge is -2.27. The fraction of sp³-hybridized carbons (Fsp3) is 0.500. The van der Waals surface area contributed by atoms with E-state index in [9.17, 15) is 4.79 Å². The van der Waals surface area contributed by atoms with Crippen LogP contribution in [0.4, 0.5) is 5.69 Å². The van der Waals surface area contributed by atoms with Crippen molar-refractivity contribution in [2.45, 2.75) is 42.6 Å². The lowest BCUT2D eigenvalue weighted by Crippen LogP contribution is -2.49. The molecule has 3 nitrogen and oxygen atoms in total. The van der Waals surface area contributed by atoms with Gasteiger partial charge in [-0.2, -0.15) is 0 Å². The molecule has 0 unspecified atom stereocenters. The molecule has 0 aliphatic heterocycles. The molecular weight excluding hydrogens is 354 g/mol. The van der Waals surface area contributed by atoms with Crippen LogP contribution >= 0.6 is 46.4 Å². The van der Waals surface area contributed by atoms with E-state index in [-0.39, 0.29) is 5.91 Å². The molecule has 21 heavy (non-hydrogen) atoms. The molecule has 2 N–H and O–H groups in total. The Kier molecular flexibility index (Phi) is 7.96. The maximum atomic E-state index is 11.9. The van der Waals surface area contributed by atoms with Crippen LogP contribution in [0.2, 0.25) is 5.02 Å². The van der Waals surface area contributed by atoms with Crippen LogP contribution in [0, 0.1) is 0 Å². The Labute approximate surface area is 145 Å². The second-order valence-electron chi connectivity index (χ2n) is 4.65. The van der Waals surface area contributed by atoms with E-state index in [4.69, 9.17) is 46.4 Å². The lowest BCUT2D eigenvalue weighted by atomic mass is 10.2. The van der Waals surface area contributed by atoms with Crippen LogP contribution in [0.3, 0.4) is 0 Å². The molecule has 1 aromatic rings. The second-order valence-corrected chi connectivity index (χ2v) is 7.46. The van der Waals surface area contributed by atoms with Crippen molar-refractivity contribution < 1.29 is 4.79 Å². The predicted octanol–water partition coefficient (Wildman–Crippen LogP) is 5.14. The number of hydrogen-bond donors (Lipinski definition) is 2. The number of alkyl halides is 3. The largest absolute Gasteiger partial charge is 0.362 e. The minimum Gasteiger partial charge on any atom is -0.362 e. The number of halogens is 4. The first kappa shape index (κ1) is 18.7. The Morgan fingerprint density at radius 1 is 1.19 bits per heavy atom. The van der Waals surface area contributed by atoms with Gasteiger partial charge in [-0.05, 0) is 30.7 Å². The maximum Gasteiger partial charge on any atom is 0.228 e. The summed E-state index contributed by atoms with van der Waals surface area (Å²) in [6.07, 6.45) is 2.45. The van der Waals surface area contributed by atoms with Gasteiger partial charge in [0, 0.05) is 17.1 Å². The Hall–Kier alpha value is -0.350. The van der Waals surface area contributed by atoms with Crippen molar-refractivity contribution in [2.75, 3.05) is 5.32 Å². The molecule has 118 valence electrons. The average molecular weight is 372 g/mol. The smallest absolute Gasteiger partial charge is 0.228 e. The molecule has 0 fully saturated rings. The fourth-order valence-corrected chi connectivity index (χ4v) is 2.13. The zero-order valence-electron chi connectivity index (χ0n) is 11.6. The van der Waals surface area contributed by atoms with E-state index in [1.807, 2.05) is 0 Å². The number of amides is 1. The number of unbranched alkanes of at least 4 members (excludes halogenated alkanes) is 2. The standard InChI is InChI=1S/C14H18Cl4N2O/c1-2-3-4-5-12(21)20-13(14(16,17)18)19-11-8-6-10(15)7-9-11/h6-9,13,19H,2-5H2,1H3,(H,20,21)/t13-/m1/s1. The summed E-state index contributed by atoms with van der Waals surface area (Å²) >= 11 is 23.6. The molecule has 1 atom stereocenters. The van der Waals surface area contributed by atoms with Crippen molar-refractivity contribution in [1.29, 1.82) is 0 Å². The molecule has 0 heterocycles. The first-order valence-corrected chi connectivity index (χ1v) is 8.22. The number of rotatable bonds is 7. The molecule has 0 aromatic heterocycles. The van der Waals surface area contributed by atoms with Gasteiger partial charge in [-0.3, -0.25) is 4.79 Å². The molecular formula is C14H18Cl4N2O. The Morgan fingerprint density at radius 3 is 2.33 bits per heavy atom. The third kappa shape index (κ3) is 7.46. The van der Waals surface area contributed by atoms with Crippen molar-refractivity contribution in [2.24, 2.45) is 0 Å². The van der Waals surface area contributed by atoms with Crippen LogP contribution < -0.4 is 10.6 Å². The predicted molar refractivity (Wildman–Crippen MR) is 91.4 cm³/mol. The minimum absolute atomic E-state index is 0.152. The molecule has 1 rings (SSSR count). The molecule has 0 radical (unpaired) electrons. The average Bonchev–Trinajstić information content (AvgIpc) is 2.40. The van der Waals surface area contributed by atoms with Crippen LogP contribution in [0.25, 0.3) is 0 Å². The zero-order chi connectivity index (χ0) is 15.9. The molecule has 0 aliphatic carbocycles. The van der Waals surface area contributed by atoms with Gasteiger partial charge < -0.3 is 10.6 Å². The Bertz CT molecular complexity index is 445. The van der Waals surface area contributed by atoms with E-state index in [1.165, 1.54) is 0 Å². The summed E-state index contributed by atoms with van der Waals surface area (Å²) < 4.78 is -1.67. The highest BCUT2D eigenvalue weighted by molar-refractivity contribution is 6.68. The van der Waals surface area contributed by atoms with Crippen molar-refractivity contribution >= 4 is 58.0 Å². The first-order valence-electron chi connectivity index (χ1n) is 6.71. The SMILES string of the molecule is CCCCCC(=O)N[C@@H](Nc1ccc(Cl)cc1)C(Cl)(Cl)Cl. The van der Waals surface area contributed by atoms with E-state index >= 15 is 0 Å². The highest BCUT2D eigenvalue weighted by atomic mass is 35.6. The lowest BCUT2D eigenvalue weighted by molar-refractivity contribution is -0.121. The molecule has 0 saturated carbocycles. The highest BCUT2D eigenvalue weighted by Crippen LogP contribution is 2.31. The van der Waals surface area contributed by atoms with E-state index in [1.54, 1.807) is 24.3 Å². The maximum absolute atomic E-state index is 11.9. The molecule has 7 heteroatoms. The number of carbonyl (C=O) groups excluding carboxylic acids is 1. The van der Waals surface area contributed by atoms with Gasteiger partial charge in [0.15, 0.2) is 0 Å². The second kappa shape index (κ2) is 8.94. The van der Waals surface area contributed by atoms with Crippen molar-refractivity contribution in [3.8, 4) is 0 Å². The summed E-state index contributed by atoms with van der Waals surface area (Å²) in [7, 11) is 0. The monoisotopic (exact) mass is 370 g/mol. The molecule has 1 aromatic carbocycles. The van der Waals surface area contributed by atoms with Crippen LogP contribution in [0.15, 0.2) is 24.3 Å². The van der Waals surface area contributed by atoms with Crippen LogP contribution in [0.5, 0.6) is 0 Å². The fourth-order valence-electron chi connectivity index (χ4n) is 1.68. The van der Waals surface area contributed by atoms with E-state index in [2.05, 4.69) is 17.6 Å². The highest BCUT2D eigenvalue weighted by Gasteiger charge is 2.33. The van der Waals surface area contributed by atoms with Crippen LogP contribution in [-0.2, 0) is 4.79 Å². The third-order valence-corrected chi connectivity index (χ3v) is 3.70. The van der Waals surface area contributed by atoms with Gasteiger partial charge >= 0.3 is 0 Å². The van der Waals surface area contributed by atoms with Gasteiger partial charge in [-0.25, -0.2) is 0 Å². The topological polar surface area (TPSA) is 41.1 Å². The van der Waals surface area contributed by atoms with E-state index in [0.717, 1.165) is 19.3 Å². The van der Waals surface area contributed by atoms with Crippen LogP contribution in [-0.4, -0.2) is 15.9 Å². The number of anilines is 1. The molecule has 1 amide bonds. The minimum atomic E-state index is -1.67. The molecule has 0 spiro atoms. The summed E-state index contributed by atoms with van der Waals surface area (Å²) in [5.74, 6) is -0.152. The summed E-state index contributed by atoms with van der Waals surface area (Å²) in [4.78, 5) is 11.9. The Balaban J connectivity index is 2.64. The number of benzene rings is 1. The van der Waals surface area contributed by atoms with Gasteiger partial charge in [0.1, 0.15) is 6.17 Å². The van der Waals surface area contributed by atoms with Gasteiger partial charge in [0.2, 0.25) is 9.70 Å². The summed E-state index contributed by atoms with van der Waals surface area (Å²) in [5, 5.41) is 6.29. The number of nitrogens with one attached hydrogen (secondary N) is 2. The summed E-state index contributed by atoms with van der Waals surface area (Å²) in [6.45, 7) is 2.07. The van der Waals surface area contributed by atoms with Gasteiger partial charge in [0.25, 0.3) is 0 Å². The summed E-state index contributed by atoms with van der Waals surface area (Å²) in [6, 6.07) is 6.91. The Morgan fingerprint density at radius 2 is 1.81 bits per heavy atom. The van der Waals surface area contributed by atoms with E-state index < -0.39 is 9.96 Å². The van der Waals surface area contributed by atoms with Crippen molar-refractivity contribution in [3.05, 3.63) is 29.3 Å². The van der Waals surface area contributed by atoms with Crippen molar-refractivity contribution in [3.63, 3.8) is 0 Å². The summed E-state index contributed by atoms with van der Waals surface area (Å²) in [5.41, 5.74) is 0.699. The van der Waals surface area contributed by atoms with Crippen molar-refractivity contribution in [1.82, 2.24) is 5.32 Å². The molecule has 0 aliphatic rings. The normalized spacial score (nSPS) is 12.8. The zero-order valence-corrected chi connectivity index (χ0v) is 14.7. The number of carbonyl (C=O) groups is 1.